The molecule has 0 spiro atoms. The fourth-order valence-corrected chi connectivity index (χ4v) is 1.61. The first-order valence-electron chi connectivity index (χ1n) is 5.31. The summed E-state index contributed by atoms with van der Waals surface area (Å²) in [4.78, 5) is 13.8. The van der Waals surface area contributed by atoms with Gasteiger partial charge in [-0.15, -0.1) is 0 Å². The van der Waals surface area contributed by atoms with E-state index in [2.05, 4.69) is 5.32 Å². The van der Waals surface area contributed by atoms with E-state index in [0.29, 0.717) is 4.99 Å². The molecule has 4 nitrogen and oxygen atoms in total. The van der Waals surface area contributed by atoms with Gasteiger partial charge in [0, 0.05) is 25.3 Å². The molecule has 0 saturated heterocycles. The lowest BCUT2D eigenvalue weighted by Crippen LogP contribution is -2.41. The topological polar surface area (TPSA) is 58.4 Å². The number of hydrogen-bond acceptors (Lipinski definition) is 3. The summed E-state index contributed by atoms with van der Waals surface area (Å²) in [5.74, 6) is -0.0223. The number of hydrogen-bond donors (Lipinski definition) is 2. The molecule has 0 aromatic heterocycles. The van der Waals surface area contributed by atoms with Crippen LogP contribution in [0.4, 0.5) is 5.69 Å². The molecule has 0 heterocycles. The first-order valence-corrected chi connectivity index (χ1v) is 5.72. The van der Waals surface area contributed by atoms with Gasteiger partial charge in [-0.2, -0.15) is 0 Å². The largest absolute Gasteiger partial charge is 0.389 e. The molecule has 17 heavy (non-hydrogen) atoms. The highest BCUT2D eigenvalue weighted by atomic mass is 32.1. The molecule has 92 valence electrons. The van der Waals surface area contributed by atoms with E-state index in [-0.39, 0.29) is 11.9 Å². The summed E-state index contributed by atoms with van der Waals surface area (Å²) in [6.45, 7) is 1.85. The third kappa shape index (κ3) is 3.17. The van der Waals surface area contributed by atoms with Crippen molar-refractivity contribution in [2.75, 3.05) is 19.0 Å². The standard InChI is InChI=1S/C12H17N3OS/c1-8(12(16)14-2)15(3)10-6-4-9(5-7-10)11(13)17/h4-8H,1-3H3,(H2,13,17)(H,14,16). The minimum absolute atomic E-state index is 0.0223. The monoisotopic (exact) mass is 251 g/mol. The maximum Gasteiger partial charge on any atom is 0.242 e. The van der Waals surface area contributed by atoms with Gasteiger partial charge in [0.25, 0.3) is 0 Å². The van der Waals surface area contributed by atoms with Gasteiger partial charge >= 0.3 is 0 Å². The molecule has 0 aliphatic rings. The Labute approximate surface area is 107 Å². The SMILES string of the molecule is CNC(=O)C(C)N(C)c1ccc(C(N)=S)cc1. The van der Waals surface area contributed by atoms with Crippen molar-refractivity contribution in [3.8, 4) is 0 Å². The van der Waals surface area contributed by atoms with Crippen LogP contribution in [0.5, 0.6) is 0 Å². The summed E-state index contributed by atoms with van der Waals surface area (Å²) in [7, 11) is 3.50. The van der Waals surface area contributed by atoms with Gasteiger partial charge in [-0.3, -0.25) is 4.79 Å². The van der Waals surface area contributed by atoms with Gasteiger partial charge in [-0.05, 0) is 31.2 Å². The van der Waals surface area contributed by atoms with Crippen LogP contribution >= 0.6 is 12.2 Å². The van der Waals surface area contributed by atoms with E-state index >= 15 is 0 Å². The van der Waals surface area contributed by atoms with Gasteiger partial charge in [-0.1, -0.05) is 12.2 Å². The van der Waals surface area contributed by atoms with E-state index in [1.807, 2.05) is 43.1 Å². The fourth-order valence-electron chi connectivity index (χ4n) is 1.47. The van der Waals surface area contributed by atoms with Crippen molar-refractivity contribution in [3.05, 3.63) is 29.8 Å². The van der Waals surface area contributed by atoms with Crippen molar-refractivity contribution < 1.29 is 4.79 Å². The van der Waals surface area contributed by atoms with Crippen molar-refractivity contribution in [1.29, 1.82) is 0 Å². The highest BCUT2D eigenvalue weighted by Crippen LogP contribution is 2.16. The number of nitrogens with one attached hydrogen (secondary N) is 1. The number of likely N-dealkylation sites (N-methyl/N-ethyl adjacent to an activating group) is 2. The molecule has 0 aliphatic heterocycles. The number of benzene rings is 1. The minimum Gasteiger partial charge on any atom is -0.389 e. The fraction of sp³-hybridized carbons (Fsp3) is 0.333. The Morgan fingerprint density at radius 1 is 1.41 bits per heavy atom. The number of anilines is 1. The van der Waals surface area contributed by atoms with Crippen LogP contribution in [0.25, 0.3) is 0 Å². The normalized spacial score (nSPS) is 11.7. The molecule has 1 unspecified atom stereocenters. The van der Waals surface area contributed by atoms with Gasteiger partial charge in [-0.25, -0.2) is 0 Å². The third-order valence-corrected chi connectivity index (χ3v) is 3.00. The van der Waals surface area contributed by atoms with Crippen molar-refractivity contribution >= 4 is 28.8 Å². The van der Waals surface area contributed by atoms with E-state index in [0.717, 1.165) is 11.3 Å². The van der Waals surface area contributed by atoms with E-state index in [9.17, 15) is 4.79 Å². The number of rotatable bonds is 4. The Morgan fingerprint density at radius 2 is 1.94 bits per heavy atom. The molecular formula is C12H17N3OS. The molecule has 0 saturated carbocycles. The molecule has 5 heteroatoms. The lowest BCUT2D eigenvalue weighted by Gasteiger charge is -2.25. The summed E-state index contributed by atoms with van der Waals surface area (Å²) in [6.07, 6.45) is 0. The van der Waals surface area contributed by atoms with Gasteiger partial charge in [0.1, 0.15) is 11.0 Å². The average Bonchev–Trinajstić information content (AvgIpc) is 2.36. The summed E-state index contributed by atoms with van der Waals surface area (Å²) >= 11 is 4.88. The zero-order chi connectivity index (χ0) is 13.0. The summed E-state index contributed by atoms with van der Waals surface area (Å²) in [5, 5.41) is 2.62. The Bertz CT molecular complexity index is 416. The second-order valence-electron chi connectivity index (χ2n) is 3.81. The van der Waals surface area contributed by atoms with Crippen LogP contribution in [0, 0.1) is 0 Å². The van der Waals surface area contributed by atoms with Gasteiger partial charge in [0.2, 0.25) is 5.91 Å². The first-order chi connectivity index (χ1) is 7.97. The number of amides is 1. The molecule has 1 aromatic rings. The molecular weight excluding hydrogens is 234 g/mol. The van der Waals surface area contributed by atoms with Crippen molar-refractivity contribution in [2.24, 2.45) is 5.73 Å². The molecule has 0 aliphatic carbocycles. The molecule has 0 fully saturated rings. The Balaban J connectivity index is 2.86. The lowest BCUT2D eigenvalue weighted by atomic mass is 10.1. The highest BCUT2D eigenvalue weighted by molar-refractivity contribution is 7.80. The second kappa shape index (κ2) is 5.63. The molecule has 1 rings (SSSR count). The third-order valence-electron chi connectivity index (χ3n) is 2.77. The molecule has 3 N–H and O–H groups in total. The number of carbonyl (C=O) groups excluding carboxylic acids is 1. The summed E-state index contributed by atoms with van der Waals surface area (Å²) in [6, 6.07) is 7.27. The van der Waals surface area contributed by atoms with E-state index < -0.39 is 0 Å². The van der Waals surface area contributed by atoms with Crippen LogP contribution in [0.2, 0.25) is 0 Å². The second-order valence-corrected chi connectivity index (χ2v) is 4.25. The van der Waals surface area contributed by atoms with Crippen molar-refractivity contribution in [2.45, 2.75) is 13.0 Å². The minimum atomic E-state index is -0.226. The van der Waals surface area contributed by atoms with Crippen molar-refractivity contribution in [1.82, 2.24) is 5.32 Å². The molecule has 1 atom stereocenters. The maximum atomic E-state index is 11.5. The quantitative estimate of drug-likeness (QED) is 0.780. The van der Waals surface area contributed by atoms with Gasteiger partial charge in [0.15, 0.2) is 0 Å². The van der Waals surface area contributed by atoms with Crippen LogP contribution in [-0.4, -0.2) is 31.0 Å². The number of nitrogens with zero attached hydrogens (tertiary/aromatic N) is 1. The van der Waals surface area contributed by atoms with Gasteiger partial charge in [0.05, 0.1) is 0 Å². The van der Waals surface area contributed by atoms with Crippen LogP contribution in [0.1, 0.15) is 12.5 Å². The Hall–Kier alpha value is -1.62. The Morgan fingerprint density at radius 3 is 2.35 bits per heavy atom. The van der Waals surface area contributed by atoms with Gasteiger partial charge < -0.3 is 16.0 Å². The molecule has 0 radical (unpaired) electrons. The summed E-state index contributed by atoms with van der Waals surface area (Å²) < 4.78 is 0. The van der Waals surface area contributed by atoms with E-state index in [4.69, 9.17) is 18.0 Å². The predicted octanol–water partition coefficient (Wildman–Crippen LogP) is 0.891. The number of thiocarbonyl (C=S) groups is 1. The molecule has 0 bridgehead atoms. The number of carbonyl (C=O) groups is 1. The van der Waals surface area contributed by atoms with E-state index in [1.165, 1.54) is 0 Å². The van der Waals surface area contributed by atoms with Crippen LogP contribution in [-0.2, 0) is 4.79 Å². The maximum absolute atomic E-state index is 11.5. The highest BCUT2D eigenvalue weighted by Gasteiger charge is 2.16. The zero-order valence-electron chi connectivity index (χ0n) is 10.2. The van der Waals surface area contributed by atoms with Crippen LogP contribution in [0.15, 0.2) is 24.3 Å². The van der Waals surface area contributed by atoms with Crippen LogP contribution in [0.3, 0.4) is 0 Å². The Kier molecular flexibility index (Phi) is 4.45. The summed E-state index contributed by atoms with van der Waals surface area (Å²) in [5.41, 5.74) is 7.29. The number of nitrogens with two attached hydrogens (primary N) is 1. The lowest BCUT2D eigenvalue weighted by molar-refractivity contribution is -0.121. The molecule has 1 amide bonds. The van der Waals surface area contributed by atoms with Crippen LogP contribution < -0.4 is 16.0 Å². The van der Waals surface area contributed by atoms with E-state index in [1.54, 1.807) is 7.05 Å². The smallest absolute Gasteiger partial charge is 0.242 e. The molecule has 1 aromatic carbocycles. The predicted molar refractivity (Wildman–Crippen MR) is 74.3 cm³/mol. The van der Waals surface area contributed by atoms with Crippen molar-refractivity contribution in [3.63, 3.8) is 0 Å². The zero-order valence-corrected chi connectivity index (χ0v) is 11.0. The first kappa shape index (κ1) is 13.4. The average molecular weight is 251 g/mol.